The van der Waals surface area contributed by atoms with Crippen LogP contribution < -0.4 is 14.4 Å². The van der Waals surface area contributed by atoms with E-state index in [2.05, 4.69) is 0 Å². The first-order valence-electron chi connectivity index (χ1n) is 10.3. The summed E-state index contributed by atoms with van der Waals surface area (Å²) in [7, 11) is 1.52. The van der Waals surface area contributed by atoms with Crippen molar-refractivity contribution < 1.29 is 19.1 Å². The molecule has 3 rings (SSSR count). The molecule has 0 aromatic heterocycles. The zero-order valence-corrected chi connectivity index (χ0v) is 19.2. The van der Waals surface area contributed by atoms with E-state index in [-0.39, 0.29) is 5.75 Å². The lowest BCUT2D eigenvalue weighted by molar-refractivity contribution is -0.134. The normalized spacial score (nSPS) is 12.2. The van der Waals surface area contributed by atoms with Gasteiger partial charge in [0.2, 0.25) is 0 Å². The number of rotatable bonds is 8. The van der Waals surface area contributed by atoms with Crippen molar-refractivity contribution in [2.45, 2.75) is 20.0 Å². The van der Waals surface area contributed by atoms with Gasteiger partial charge >= 0.3 is 0 Å². The Morgan fingerprint density at radius 3 is 2.24 bits per heavy atom. The molecule has 2 unspecified atom stereocenters. The van der Waals surface area contributed by atoms with Crippen molar-refractivity contribution in [2.75, 3.05) is 11.9 Å². The van der Waals surface area contributed by atoms with E-state index < -0.39 is 23.7 Å². The smallest absolute Gasteiger partial charge is 0.251 e. The predicted octanol–water partition coefficient (Wildman–Crippen LogP) is 5.58. The van der Waals surface area contributed by atoms with E-state index >= 15 is 0 Å². The van der Waals surface area contributed by atoms with Crippen LogP contribution in [0, 0.1) is 24.2 Å². The maximum absolute atomic E-state index is 13.0. The Bertz CT molecular complexity index is 1190. The number of anilines is 1. The summed E-state index contributed by atoms with van der Waals surface area (Å²) in [6.07, 6.45) is -1.07. The van der Waals surface area contributed by atoms with Crippen LogP contribution in [0.1, 0.15) is 12.5 Å². The quantitative estimate of drug-likeness (QED) is 0.408. The molecule has 3 aromatic rings. The van der Waals surface area contributed by atoms with Crippen LogP contribution in [0.2, 0.25) is 5.02 Å². The number of hydrogen-bond acceptors (Lipinski definition) is 5. The van der Waals surface area contributed by atoms with Crippen LogP contribution in [0.4, 0.5) is 5.69 Å². The monoisotopic (exact) mass is 462 g/mol. The molecule has 0 aliphatic rings. The Hall–Kier alpha value is -3.82. The van der Waals surface area contributed by atoms with Gasteiger partial charge in [-0.15, -0.1) is 0 Å². The van der Waals surface area contributed by atoms with Gasteiger partial charge in [-0.25, -0.2) is 0 Å². The lowest BCUT2D eigenvalue weighted by Gasteiger charge is -2.22. The second-order valence-corrected chi connectivity index (χ2v) is 7.85. The summed E-state index contributed by atoms with van der Waals surface area (Å²) in [5.41, 5.74) is 1.57. The number of Topliss-reactive ketones (excluding diaryl/α,β-unsaturated/α-hetero) is 1. The van der Waals surface area contributed by atoms with Gasteiger partial charge in [-0.05, 0) is 55.8 Å². The van der Waals surface area contributed by atoms with Gasteiger partial charge in [-0.3, -0.25) is 9.59 Å². The number of carbonyl (C=O) groups is 2. The Balaban J connectivity index is 1.76. The van der Waals surface area contributed by atoms with Crippen molar-refractivity contribution in [1.29, 1.82) is 5.26 Å². The molecule has 168 valence electrons. The molecule has 0 bridgehead atoms. The molecular formula is C26H23ClN2O4. The molecule has 33 heavy (non-hydrogen) atoms. The number of para-hydroxylation sites is 3. The molecule has 0 heterocycles. The van der Waals surface area contributed by atoms with Crippen LogP contribution in [0.5, 0.6) is 17.2 Å². The zero-order valence-electron chi connectivity index (χ0n) is 18.5. The number of halogens is 1. The lowest BCUT2D eigenvalue weighted by atomic mass is 10.00. The highest BCUT2D eigenvalue weighted by atomic mass is 35.5. The van der Waals surface area contributed by atoms with Crippen molar-refractivity contribution in [1.82, 2.24) is 0 Å². The number of benzene rings is 3. The van der Waals surface area contributed by atoms with Crippen LogP contribution in [-0.2, 0) is 9.59 Å². The van der Waals surface area contributed by atoms with E-state index in [0.29, 0.717) is 22.2 Å². The van der Waals surface area contributed by atoms with Crippen LogP contribution in [0.3, 0.4) is 0 Å². The Kier molecular flexibility index (Phi) is 7.70. The van der Waals surface area contributed by atoms with Gasteiger partial charge in [-0.2, -0.15) is 5.26 Å². The van der Waals surface area contributed by atoms with Gasteiger partial charge in [0, 0.05) is 12.7 Å². The van der Waals surface area contributed by atoms with Crippen molar-refractivity contribution in [2.24, 2.45) is 5.92 Å². The van der Waals surface area contributed by atoms with E-state index in [4.69, 9.17) is 21.1 Å². The molecule has 1 amide bonds. The fourth-order valence-corrected chi connectivity index (χ4v) is 3.41. The van der Waals surface area contributed by atoms with Crippen LogP contribution in [-0.4, -0.2) is 24.8 Å². The first-order chi connectivity index (χ1) is 15.8. The third kappa shape index (κ3) is 5.71. The maximum Gasteiger partial charge on any atom is 0.251 e. The number of carbonyl (C=O) groups excluding carboxylic acids is 2. The minimum absolute atomic E-state index is 0.288. The summed E-state index contributed by atoms with van der Waals surface area (Å²) >= 11 is 6.27. The van der Waals surface area contributed by atoms with E-state index in [0.717, 1.165) is 5.56 Å². The summed E-state index contributed by atoms with van der Waals surface area (Å²) in [5, 5.41) is 10.0. The van der Waals surface area contributed by atoms with Gasteiger partial charge < -0.3 is 14.4 Å². The average Bonchev–Trinajstić information content (AvgIpc) is 2.82. The number of nitriles is 1. The molecule has 3 aromatic carbocycles. The van der Waals surface area contributed by atoms with Crippen molar-refractivity contribution in [3.63, 3.8) is 0 Å². The Morgan fingerprint density at radius 2 is 1.61 bits per heavy atom. The topological polar surface area (TPSA) is 79.6 Å². The highest BCUT2D eigenvalue weighted by Gasteiger charge is 2.34. The highest BCUT2D eigenvalue weighted by Crippen LogP contribution is 2.36. The molecular weight excluding hydrogens is 440 g/mol. The fraction of sp³-hybridized carbons (Fsp3) is 0.192. The average molecular weight is 463 g/mol. The SMILES string of the molecule is Cc1ccc(Oc2ccccc2OC(C)C(=O)C(C#N)C(=O)N(C)c2ccccc2)c(Cl)c1. The predicted molar refractivity (Wildman–Crippen MR) is 127 cm³/mol. The number of nitrogens with zero attached hydrogens (tertiary/aromatic N) is 2. The van der Waals surface area contributed by atoms with E-state index in [1.54, 1.807) is 60.7 Å². The number of amides is 1. The highest BCUT2D eigenvalue weighted by molar-refractivity contribution is 6.32. The Labute approximate surface area is 197 Å². The molecule has 0 saturated heterocycles. The summed E-state index contributed by atoms with van der Waals surface area (Å²) in [5.74, 6) is -1.70. The van der Waals surface area contributed by atoms with Gasteiger partial charge in [0.25, 0.3) is 5.91 Å². The van der Waals surface area contributed by atoms with Crippen molar-refractivity contribution in [3.05, 3.63) is 83.4 Å². The number of ketones is 1. The number of hydrogen-bond donors (Lipinski definition) is 0. The van der Waals surface area contributed by atoms with Gasteiger partial charge in [0.1, 0.15) is 5.75 Å². The molecule has 0 aliphatic heterocycles. The molecule has 0 radical (unpaired) electrons. The third-order valence-corrected chi connectivity index (χ3v) is 5.29. The maximum atomic E-state index is 13.0. The zero-order chi connectivity index (χ0) is 24.0. The minimum Gasteiger partial charge on any atom is -0.479 e. The Morgan fingerprint density at radius 1 is 0.970 bits per heavy atom. The van der Waals surface area contributed by atoms with Crippen LogP contribution >= 0.6 is 11.6 Å². The molecule has 0 N–H and O–H groups in total. The number of ether oxygens (including phenoxy) is 2. The summed E-state index contributed by atoms with van der Waals surface area (Å²) in [4.78, 5) is 27.1. The van der Waals surface area contributed by atoms with Gasteiger partial charge in [-0.1, -0.05) is 48.0 Å². The summed E-state index contributed by atoms with van der Waals surface area (Å²) in [6.45, 7) is 3.42. The molecule has 2 atom stereocenters. The summed E-state index contributed by atoms with van der Waals surface area (Å²) in [6, 6.07) is 22.8. The molecule has 0 saturated carbocycles. The second-order valence-electron chi connectivity index (χ2n) is 7.44. The number of aryl methyl sites for hydroxylation is 1. The first-order valence-corrected chi connectivity index (χ1v) is 10.6. The minimum atomic E-state index is -1.51. The molecule has 0 fully saturated rings. The van der Waals surface area contributed by atoms with Crippen LogP contribution in [0.15, 0.2) is 72.8 Å². The summed E-state index contributed by atoms with van der Waals surface area (Å²) < 4.78 is 11.7. The van der Waals surface area contributed by atoms with Gasteiger partial charge in [0.05, 0.1) is 11.1 Å². The standard InChI is InChI=1S/C26H23ClN2O4/c1-17-13-14-22(21(27)15-17)33-24-12-8-7-11-23(24)32-18(2)25(30)20(16-28)26(31)29(3)19-9-5-4-6-10-19/h4-15,18,20H,1-3H3. The first kappa shape index (κ1) is 23.8. The molecule has 7 heteroatoms. The van der Waals surface area contributed by atoms with Crippen molar-refractivity contribution in [3.8, 4) is 23.3 Å². The molecule has 0 aliphatic carbocycles. The molecule has 0 spiro atoms. The molecule has 6 nitrogen and oxygen atoms in total. The van der Waals surface area contributed by atoms with Crippen LogP contribution in [0.25, 0.3) is 0 Å². The lowest BCUT2D eigenvalue weighted by Crippen LogP contribution is -2.41. The van der Waals surface area contributed by atoms with E-state index in [1.807, 2.05) is 25.1 Å². The van der Waals surface area contributed by atoms with Gasteiger partial charge in [0.15, 0.2) is 29.3 Å². The van der Waals surface area contributed by atoms with Crippen molar-refractivity contribution >= 4 is 29.0 Å². The fourth-order valence-electron chi connectivity index (χ4n) is 3.14. The van der Waals surface area contributed by atoms with E-state index in [1.165, 1.54) is 18.9 Å². The second kappa shape index (κ2) is 10.7. The van der Waals surface area contributed by atoms with E-state index in [9.17, 15) is 14.9 Å². The largest absolute Gasteiger partial charge is 0.479 e. The third-order valence-electron chi connectivity index (χ3n) is 5.00.